The van der Waals surface area contributed by atoms with Gasteiger partial charge in [0.25, 0.3) is 5.91 Å². The van der Waals surface area contributed by atoms with Gasteiger partial charge in [0.15, 0.2) is 12.2 Å². The fourth-order valence-electron chi connectivity index (χ4n) is 2.86. The van der Waals surface area contributed by atoms with E-state index in [1.165, 1.54) is 16.4 Å². The van der Waals surface area contributed by atoms with Crippen LogP contribution in [-0.4, -0.2) is 56.5 Å². The molecule has 0 saturated carbocycles. The first-order valence-electron chi connectivity index (χ1n) is 9.84. The number of amides is 3. The van der Waals surface area contributed by atoms with E-state index in [1.807, 2.05) is 0 Å². The second kappa shape index (κ2) is 11.4. The first-order chi connectivity index (χ1) is 16.1. The van der Waals surface area contributed by atoms with Gasteiger partial charge in [0.1, 0.15) is 6.04 Å². The van der Waals surface area contributed by atoms with Crippen molar-refractivity contribution in [3.63, 3.8) is 0 Å². The quantitative estimate of drug-likeness (QED) is 0.334. The summed E-state index contributed by atoms with van der Waals surface area (Å²) in [5.74, 6) is -2.73. The molecule has 2 aromatic carbocycles. The second-order valence-electron chi connectivity index (χ2n) is 7.15. The molecule has 2 aromatic rings. The van der Waals surface area contributed by atoms with Gasteiger partial charge < -0.3 is 20.9 Å². The molecule has 1 fully saturated rings. The summed E-state index contributed by atoms with van der Waals surface area (Å²) in [5.41, 5.74) is 5.71. The standard InChI is InChI=1S/C21H20Cl2N4O6S/c22-14-5-1-12(2-6-14)10-27-21(32)26(11-33-19(31)16(24)9-17(28)29)20(34-27)25-18(30)13-3-7-15(23)8-4-13/h1-8,16,20H,9-11,24H2,(H,25,30)(H,28,29). The molecule has 13 heteroatoms. The van der Waals surface area contributed by atoms with Crippen LogP contribution in [0.3, 0.4) is 0 Å². The zero-order valence-electron chi connectivity index (χ0n) is 17.5. The number of urea groups is 1. The summed E-state index contributed by atoms with van der Waals surface area (Å²) >= 11 is 12.8. The summed E-state index contributed by atoms with van der Waals surface area (Å²) in [7, 11) is 0. The van der Waals surface area contributed by atoms with Crippen LogP contribution in [0.5, 0.6) is 0 Å². The van der Waals surface area contributed by atoms with E-state index in [2.05, 4.69) is 5.32 Å². The summed E-state index contributed by atoms with van der Waals surface area (Å²) in [4.78, 5) is 49.7. The molecule has 1 heterocycles. The number of carbonyl (C=O) groups excluding carboxylic acids is 3. The average Bonchev–Trinajstić information content (AvgIpc) is 3.07. The van der Waals surface area contributed by atoms with Crippen molar-refractivity contribution in [2.45, 2.75) is 24.5 Å². The van der Waals surface area contributed by atoms with Crippen LogP contribution < -0.4 is 11.1 Å². The van der Waals surface area contributed by atoms with Crippen molar-refractivity contribution in [1.82, 2.24) is 14.5 Å². The summed E-state index contributed by atoms with van der Waals surface area (Å²) in [6.07, 6.45) is -0.624. The number of carboxylic acids is 1. The van der Waals surface area contributed by atoms with Crippen molar-refractivity contribution in [1.29, 1.82) is 0 Å². The largest absolute Gasteiger partial charge is 0.481 e. The van der Waals surface area contributed by atoms with Crippen LogP contribution >= 0.6 is 35.1 Å². The monoisotopic (exact) mass is 526 g/mol. The number of esters is 1. The van der Waals surface area contributed by atoms with Gasteiger partial charge in [-0.25, -0.2) is 4.79 Å². The number of aliphatic carboxylic acids is 1. The van der Waals surface area contributed by atoms with Gasteiger partial charge in [0, 0.05) is 27.6 Å². The van der Waals surface area contributed by atoms with E-state index in [0.29, 0.717) is 15.6 Å². The van der Waals surface area contributed by atoms with Crippen molar-refractivity contribution in [3.8, 4) is 0 Å². The van der Waals surface area contributed by atoms with E-state index >= 15 is 0 Å². The number of hydrogen-bond acceptors (Lipinski definition) is 7. The Morgan fingerprint density at radius 2 is 1.68 bits per heavy atom. The minimum atomic E-state index is -1.39. The molecule has 0 aliphatic carbocycles. The lowest BCUT2D eigenvalue weighted by Crippen LogP contribution is -2.47. The van der Waals surface area contributed by atoms with Gasteiger partial charge in [-0.2, -0.15) is 0 Å². The third kappa shape index (κ3) is 6.76. The molecule has 3 rings (SSSR count). The van der Waals surface area contributed by atoms with E-state index < -0.39 is 48.6 Å². The van der Waals surface area contributed by atoms with Crippen LogP contribution in [0.4, 0.5) is 4.79 Å². The van der Waals surface area contributed by atoms with Crippen LogP contribution in [0, 0.1) is 0 Å². The van der Waals surface area contributed by atoms with Gasteiger partial charge in [-0.1, -0.05) is 35.3 Å². The topological polar surface area (TPSA) is 142 Å². The Bertz CT molecular complexity index is 1070. The molecule has 180 valence electrons. The lowest BCUT2D eigenvalue weighted by Gasteiger charge is -2.23. The molecule has 1 aliphatic rings. The zero-order chi connectivity index (χ0) is 24.8. The zero-order valence-corrected chi connectivity index (χ0v) is 19.8. The number of nitrogens with two attached hydrogens (primary N) is 1. The smallest absolute Gasteiger partial charge is 0.335 e. The minimum Gasteiger partial charge on any atom is -0.481 e. The molecule has 3 amide bonds. The van der Waals surface area contributed by atoms with Crippen LogP contribution in [0.1, 0.15) is 22.3 Å². The molecule has 1 aliphatic heterocycles. The summed E-state index contributed by atoms with van der Waals surface area (Å²) in [6.45, 7) is -0.350. The van der Waals surface area contributed by atoms with Crippen molar-refractivity contribution in [2.75, 3.05) is 6.73 Å². The van der Waals surface area contributed by atoms with Gasteiger partial charge in [0.05, 0.1) is 13.0 Å². The van der Waals surface area contributed by atoms with Crippen molar-refractivity contribution in [3.05, 3.63) is 69.7 Å². The maximum atomic E-state index is 13.0. The lowest BCUT2D eigenvalue weighted by atomic mass is 10.2. The summed E-state index contributed by atoms with van der Waals surface area (Å²) in [5, 5.41) is 12.5. The number of halogens is 2. The fraction of sp³-hybridized carbons (Fsp3) is 0.238. The number of carboxylic acid groups (broad SMARTS) is 1. The highest BCUT2D eigenvalue weighted by Gasteiger charge is 2.40. The number of ether oxygens (including phenoxy) is 1. The fourth-order valence-corrected chi connectivity index (χ4v) is 4.20. The summed E-state index contributed by atoms with van der Waals surface area (Å²) in [6, 6.07) is 11.1. The van der Waals surface area contributed by atoms with Gasteiger partial charge in [-0.15, -0.1) is 0 Å². The normalized spacial score (nSPS) is 16.3. The average molecular weight is 527 g/mol. The van der Waals surface area contributed by atoms with E-state index in [-0.39, 0.29) is 6.54 Å². The molecule has 34 heavy (non-hydrogen) atoms. The van der Waals surface area contributed by atoms with Gasteiger partial charge >= 0.3 is 18.0 Å². The van der Waals surface area contributed by atoms with Gasteiger partial charge in [-0.05, 0) is 42.0 Å². The SMILES string of the molecule is NC(CC(=O)O)C(=O)OCN1C(=O)N(Cc2ccc(Cl)cc2)SC1NC(=O)c1ccc(Cl)cc1. The number of hydrogen-bond donors (Lipinski definition) is 3. The van der Waals surface area contributed by atoms with E-state index in [1.54, 1.807) is 36.4 Å². The summed E-state index contributed by atoms with van der Waals surface area (Å²) < 4.78 is 6.45. The van der Waals surface area contributed by atoms with Gasteiger partial charge in [-0.3, -0.25) is 23.6 Å². The Hall–Kier alpha value is -2.99. The molecule has 0 aromatic heterocycles. The maximum absolute atomic E-state index is 13.0. The Morgan fingerprint density at radius 3 is 2.26 bits per heavy atom. The number of nitrogens with zero attached hydrogens (tertiary/aromatic N) is 2. The maximum Gasteiger partial charge on any atom is 0.335 e. The molecule has 2 atom stereocenters. The second-order valence-corrected chi connectivity index (χ2v) is 9.12. The third-order valence-corrected chi connectivity index (χ3v) is 6.23. The molecular formula is C21H20Cl2N4O6S. The Labute approximate surface area is 209 Å². The number of rotatable bonds is 9. The van der Waals surface area contributed by atoms with Crippen LogP contribution in [-0.2, 0) is 20.9 Å². The Balaban J connectivity index is 1.73. The predicted molar refractivity (Wildman–Crippen MR) is 126 cm³/mol. The van der Waals surface area contributed by atoms with Gasteiger partial charge in [0.2, 0.25) is 0 Å². The molecule has 2 unspecified atom stereocenters. The number of carbonyl (C=O) groups is 4. The molecule has 4 N–H and O–H groups in total. The van der Waals surface area contributed by atoms with E-state index in [0.717, 1.165) is 22.4 Å². The highest BCUT2D eigenvalue weighted by Crippen LogP contribution is 2.31. The highest BCUT2D eigenvalue weighted by molar-refractivity contribution is 7.98. The highest BCUT2D eigenvalue weighted by atomic mass is 35.5. The molecule has 0 spiro atoms. The molecular weight excluding hydrogens is 507 g/mol. The van der Waals surface area contributed by atoms with Crippen LogP contribution in [0.25, 0.3) is 0 Å². The first kappa shape index (κ1) is 25.6. The molecule has 0 radical (unpaired) electrons. The molecule has 0 bridgehead atoms. The van der Waals surface area contributed by atoms with Crippen LogP contribution in [0.15, 0.2) is 48.5 Å². The van der Waals surface area contributed by atoms with E-state index in [4.69, 9.17) is 38.8 Å². The molecule has 1 saturated heterocycles. The van der Waals surface area contributed by atoms with Crippen molar-refractivity contribution < 1.29 is 29.0 Å². The van der Waals surface area contributed by atoms with Crippen molar-refractivity contribution in [2.24, 2.45) is 5.73 Å². The van der Waals surface area contributed by atoms with E-state index in [9.17, 15) is 19.2 Å². The predicted octanol–water partition coefficient (Wildman–Crippen LogP) is 2.90. The number of nitrogens with one attached hydrogen (secondary N) is 1. The number of benzene rings is 2. The Kier molecular flexibility index (Phi) is 8.61. The minimum absolute atomic E-state index is 0.191. The van der Waals surface area contributed by atoms with Crippen LogP contribution in [0.2, 0.25) is 10.0 Å². The lowest BCUT2D eigenvalue weighted by molar-refractivity contribution is -0.152. The Morgan fingerprint density at radius 1 is 1.09 bits per heavy atom. The molecule has 10 nitrogen and oxygen atoms in total. The first-order valence-corrected chi connectivity index (χ1v) is 11.4. The van der Waals surface area contributed by atoms with Crippen molar-refractivity contribution >= 4 is 59.0 Å². The third-order valence-electron chi connectivity index (χ3n) is 4.61.